The number of phenolic OH excluding ortho intramolecular Hbond substituents is 3. The Morgan fingerprint density at radius 1 is 1.04 bits per heavy atom. The van der Waals surface area contributed by atoms with Crippen LogP contribution in [0.5, 0.6) is 17.2 Å². The number of benzene rings is 2. The van der Waals surface area contributed by atoms with Gasteiger partial charge in [-0.15, -0.1) is 22.8 Å². The molecule has 0 bridgehead atoms. The molecule has 0 spiro atoms. The van der Waals surface area contributed by atoms with Crippen LogP contribution in [-0.2, 0) is 0 Å². The van der Waals surface area contributed by atoms with E-state index in [2.05, 4.69) is 22.8 Å². The summed E-state index contributed by atoms with van der Waals surface area (Å²) >= 11 is 4.42. The quantitative estimate of drug-likeness (QED) is 0.485. The SMILES string of the molecule is CCN(C)c1cc(-n2c(S)nnc2-c2cc(C(C)C)c(O)cc2O)ccc1O. The minimum atomic E-state index is -0.103. The van der Waals surface area contributed by atoms with Crippen LogP contribution in [0.3, 0.4) is 0 Å². The van der Waals surface area contributed by atoms with Crippen LogP contribution in [0.4, 0.5) is 5.69 Å². The van der Waals surface area contributed by atoms with Crippen molar-refractivity contribution in [2.45, 2.75) is 31.8 Å². The van der Waals surface area contributed by atoms with Gasteiger partial charge in [-0.05, 0) is 42.7 Å². The van der Waals surface area contributed by atoms with Gasteiger partial charge in [-0.3, -0.25) is 4.57 Å². The molecular weight excluding hydrogens is 376 g/mol. The van der Waals surface area contributed by atoms with E-state index in [9.17, 15) is 15.3 Å². The Morgan fingerprint density at radius 2 is 1.75 bits per heavy atom. The third-order valence-corrected chi connectivity index (χ3v) is 5.05. The summed E-state index contributed by atoms with van der Waals surface area (Å²) in [4.78, 5) is 1.91. The van der Waals surface area contributed by atoms with E-state index in [4.69, 9.17) is 0 Å². The van der Waals surface area contributed by atoms with E-state index in [0.29, 0.717) is 33.5 Å². The lowest BCUT2D eigenvalue weighted by atomic mass is 9.98. The number of nitrogens with zero attached hydrogens (tertiary/aromatic N) is 4. The van der Waals surface area contributed by atoms with Crippen LogP contribution in [0.2, 0.25) is 0 Å². The van der Waals surface area contributed by atoms with E-state index in [1.807, 2.05) is 38.8 Å². The summed E-state index contributed by atoms with van der Waals surface area (Å²) in [5, 5.41) is 39.3. The first kappa shape index (κ1) is 19.9. The predicted octanol–water partition coefficient (Wildman–Crippen LogP) is 3.92. The van der Waals surface area contributed by atoms with Crippen molar-refractivity contribution >= 4 is 18.3 Å². The van der Waals surface area contributed by atoms with Gasteiger partial charge >= 0.3 is 0 Å². The highest BCUT2D eigenvalue weighted by Gasteiger charge is 2.21. The lowest BCUT2D eigenvalue weighted by Crippen LogP contribution is -2.16. The van der Waals surface area contributed by atoms with E-state index in [0.717, 1.165) is 6.54 Å². The number of rotatable bonds is 5. The Balaban J connectivity index is 2.21. The van der Waals surface area contributed by atoms with E-state index in [-0.39, 0.29) is 23.2 Å². The van der Waals surface area contributed by atoms with E-state index in [1.54, 1.807) is 22.8 Å². The molecular formula is C20H24N4O3S. The molecule has 0 aliphatic heterocycles. The number of anilines is 1. The van der Waals surface area contributed by atoms with Crippen molar-refractivity contribution < 1.29 is 15.3 Å². The van der Waals surface area contributed by atoms with Gasteiger partial charge in [0.05, 0.1) is 16.9 Å². The standard InChI is InChI=1S/C20H24N4O3S/c1-5-23(4)15-8-12(6-7-16(15)25)24-19(21-22-20(24)28)14-9-13(11(2)3)17(26)10-18(14)27/h6-11,25-27H,5H2,1-4H3,(H,22,28). The molecule has 148 valence electrons. The van der Waals surface area contributed by atoms with E-state index in [1.165, 1.54) is 6.07 Å². The number of aromatic nitrogens is 3. The van der Waals surface area contributed by atoms with E-state index < -0.39 is 0 Å². The van der Waals surface area contributed by atoms with Crippen LogP contribution in [0.25, 0.3) is 17.1 Å². The van der Waals surface area contributed by atoms with Gasteiger partial charge in [-0.1, -0.05) is 13.8 Å². The molecule has 0 atom stereocenters. The Hall–Kier alpha value is -2.87. The van der Waals surface area contributed by atoms with Gasteiger partial charge < -0.3 is 20.2 Å². The normalized spacial score (nSPS) is 11.2. The van der Waals surface area contributed by atoms with Gasteiger partial charge in [0, 0.05) is 19.7 Å². The summed E-state index contributed by atoms with van der Waals surface area (Å²) < 4.78 is 1.69. The molecule has 0 saturated heterocycles. The average molecular weight is 401 g/mol. The lowest BCUT2D eigenvalue weighted by Gasteiger charge is -2.20. The van der Waals surface area contributed by atoms with Crippen molar-refractivity contribution in [3.63, 3.8) is 0 Å². The van der Waals surface area contributed by atoms with Crippen LogP contribution in [0.15, 0.2) is 35.5 Å². The summed E-state index contributed by atoms with van der Waals surface area (Å²) in [6, 6.07) is 8.17. The number of aromatic hydroxyl groups is 3. The highest BCUT2D eigenvalue weighted by molar-refractivity contribution is 7.80. The molecule has 0 radical (unpaired) electrons. The zero-order valence-corrected chi connectivity index (χ0v) is 17.1. The maximum Gasteiger partial charge on any atom is 0.193 e. The summed E-state index contributed by atoms with van der Waals surface area (Å²) in [5.74, 6) is 0.543. The maximum absolute atomic E-state index is 10.4. The third kappa shape index (κ3) is 3.47. The molecule has 0 fully saturated rings. The zero-order valence-electron chi connectivity index (χ0n) is 16.2. The smallest absolute Gasteiger partial charge is 0.193 e. The molecule has 0 unspecified atom stereocenters. The first-order chi connectivity index (χ1) is 13.2. The molecule has 0 aliphatic carbocycles. The number of hydrogen-bond donors (Lipinski definition) is 4. The Morgan fingerprint density at radius 3 is 2.39 bits per heavy atom. The fraction of sp³-hybridized carbons (Fsp3) is 0.300. The molecule has 1 heterocycles. The van der Waals surface area contributed by atoms with Crippen molar-refractivity contribution in [3.8, 4) is 34.3 Å². The molecule has 3 rings (SSSR count). The molecule has 3 N–H and O–H groups in total. The highest BCUT2D eigenvalue weighted by atomic mass is 32.1. The molecule has 8 heteroatoms. The minimum Gasteiger partial charge on any atom is -0.508 e. The Kier molecular flexibility index (Phi) is 5.42. The second-order valence-electron chi connectivity index (χ2n) is 6.93. The lowest BCUT2D eigenvalue weighted by molar-refractivity contribution is 0.444. The third-order valence-electron chi connectivity index (χ3n) is 4.76. The van der Waals surface area contributed by atoms with Crippen LogP contribution in [-0.4, -0.2) is 43.7 Å². The van der Waals surface area contributed by atoms with Crippen molar-refractivity contribution in [1.29, 1.82) is 0 Å². The first-order valence-electron chi connectivity index (χ1n) is 8.99. The largest absolute Gasteiger partial charge is 0.508 e. The van der Waals surface area contributed by atoms with Crippen molar-refractivity contribution in [2.75, 3.05) is 18.5 Å². The fourth-order valence-corrected chi connectivity index (χ4v) is 3.31. The first-order valence-corrected chi connectivity index (χ1v) is 9.44. The molecule has 0 aliphatic rings. The van der Waals surface area contributed by atoms with Gasteiger partial charge in [-0.25, -0.2) is 0 Å². The summed E-state index contributed by atoms with van der Waals surface area (Å²) in [6.07, 6.45) is 0. The minimum absolute atomic E-state index is 0.0323. The van der Waals surface area contributed by atoms with Gasteiger partial charge in [0.15, 0.2) is 11.0 Å². The van der Waals surface area contributed by atoms with Crippen LogP contribution >= 0.6 is 12.6 Å². The van der Waals surface area contributed by atoms with Crippen molar-refractivity contribution in [3.05, 3.63) is 35.9 Å². The number of hydrogen-bond acceptors (Lipinski definition) is 7. The zero-order chi connectivity index (χ0) is 20.6. The van der Waals surface area contributed by atoms with Crippen LogP contribution in [0.1, 0.15) is 32.3 Å². The monoisotopic (exact) mass is 400 g/mol. The molecule has 3 aromatic rings. The summed E-state index contributed by atoms with van der Waals surface area (Å²) in [7, 11) is 1.88. The average Bonchev–Trinajstić information content (AvgIpc) is 3.02. The Bertz CT molecular complexity index is 1020. The maximum atomic E-state index is 10.4. The van der Waals surface area contributed by atoms with Gasteiger partial charge in [0.1, 0.15) is 17.2 Å². The van der Waals surface area contributed by atoms with Gasteiger partial charge in [-0.2, -0.15) is 0 Å². The van der Waals surface area contributed by atoms with Crippen LogP contribution in [0, 0.1) is 0 Å². The molecule has 0 amide bonds. The molecule has 7 nitrogen and oxygen atoms in total. The second kappa shape index (κ2) is 7.63. The molecule has 2 aromatic carbocycles. The molecule has 28 heavy (non-hydrogen) atoms. The van der Waals surface area contributed by atoms with Crippen molar-refractivity contribution in [1.82, 2.24) is 14.8 Å². The molecule has 0 saturated carbocycles. The second-order valence-corrected chi connectivity index (χ2v) is 7.33. The number of thiol groups is 1. The summed E-state index contributed by atoms with van der Waals surface area (Å²) in [5.41, 5.74) is 2.48. The van der Waals surface area contributed by atoms with E-state index >= 15 is 0 Å². The Labute approximate surface area is 169 Å². The highest BCUT2D eigenvalue weighted by Crippen LogP contribution is 2.39. The van der Waals surface area contributed by atoms with Gasteiger partial charge in [0.2, 0.25) is 0 Å². The summed E-state index contributed by atoms with van der Waals surface area (Å²) in [6.45, 7) is 6.62. The fourth-order valence-electron chi connectivity index (χ4n) is 3.05. The predicted molar refractivity (Wildman–Crippen MR) is 112 cm³/mol. The number of phenols is 3. The van der Waals surface area contributed by atoms with Gasteiger partial charge in [0.25, 0.3) is 0 Å². The van der Waals surface area contributed by atoms with Crippen molar-refractivity contribution in [2.24, 2.45) is 0 Å². The molecule has 1 aromatic heterocycles. The van der Waals surface area contributed by atoms with Crippen LogP contribution < -0.4 is 4.90 Å². The topological polar surface area (TPSA) is 94.6 Å².